The minimum absolute atomic E-state index is 0.230. The van der Waals surface area contributed by atoms with Gasteiger partial charge in [0.25, 0.3) is 11.5 Å². The van der Waals surface area contributed by atoms with Gasteiger partial charge in [-0.05, 0) is 24.3 Å². The Morgan fingerprint density at radius 2 is 1.67 bits per heavy atom. The number of aromatic nitrogens is 3. The van der Waals surface area contributed by atoms with Gasteiger partial charge in [0.2, 0.25) is 0 Å². The van der Waals surface area contributed by atoms with Crippen molar-refractivity contribution in [2.24, 2.45) is 0 Å². The van der Waals surface area contributed by atoms with E-state index in [1.807, 2.05) is 30.3 Å². The van der Waals surface area contributed by atoms with Crippen molar-refractivity contribution in [2.75, 3.05) is 5.43 Å². The van der Waals surface area contributed by atoms with Crippen molar-refractivity contribution in [2.45, 2.75) is 0 Å². The molecule has 0 bridgehead atoms. The smallest absolute Gasteiger partial charge is 0.267 e. The van der Waals surface area contributed by atoms with Gasteiger partial charge in [0, 0.05) is 5.39 Å². The monoisotopic (exact) mass is 316 g/mol. The highest BCUT2D eigenvalue weighted by Gasteiger charge is 2.11. The highest BCUT2D eigenvalue weighted by atomic mass is 16.2. The SMILES string of the molecule is O=C(Nn1cnc2ccccc2c1=O)c1ccc2ccccc2n1. The number of nitrogens with one attached hydrogen (secondary N) is 1. The molecule has 24 heavy (non-hydrogen) atoms. The maximum atomic E-state index is 12.4. The average molecular weight is 316 g/mol. The number of pyridine rings is 1. The summed E-state index contributed by atoms with van der Waals surface area (Å²) < 4.78 is 1.07. The van der Waals surface area contributed by atoms with Crippen molar-refractivity contribution in [3.8, 4) is 0 Å². The second-order valence-corrected chi connectivity index (χ2v) is 5.27. The molecule has 0 aliphatic carbocycles. The molecule has 6 nitrogen and oxygen atoms in total. The Bertz CT molecular complexity index is 1130. The largest absolute Gasteiger partial charge is 0.288 e. The van der Waals surface area contributed by atoms with Crippen LogP contribution in [0.4, 0.5) is 0 Å². The summed E-state index contributed by atoms with van der Waals surface area (Å²) in [6.45, 7) is 0. The van der Waals surface area contributed by atoms with Crippen LogP contribution in [0.3, 0.4) is 0 Å². The first kappa shape index (κ1) is 14.1. The third kappa shape index (κ3) is 2.40. The zero-order valence-corrected chi connectivity index (χ0v) is 12.5. The first-order valence-corrected chi connectivity index (χ1v) is 7.36. The van der Waals surface area contributed by atoms with Crippen LogP contribution in [0.1, 0.15) is 10.5 Å². The van der Waals surface area contributed by atoms with Crippen molar-refractivity contribution in [3.05, 3.63) is 83.0 Å². The lowest BCUT2D eigenvalue weighted by atomic mass is 10.2. The summed E-state index contributed by atoms with van der Waals surface area (Å²) >= 11 is 0. The fourth-order valence-electron chi connectivity index (χ4n) is 2.51. The molecule has 2 aromatic heterocycles. The van der Waals surface area contributed by atoms with Crippen molar-refractivity contribution in [1.82, 2.24) is 14.6 Å². The van der Waals surface area contributed by atoms with E-state index < -0.39 is 5.91 Å². The number of hydrogen-bond donors (Lipinski definition) is 1. The summed E-state index contributed by atoms with van der Waals surface area (Å²) in [4.78, 5) is 33.3. The third-order valence-electron chi connectivity index (χ3n) is 3.72. The lowest BCUT2D eigenvalue weighted by Crippen LogP contribution is -2.33. The highest BCUT2D eigenvalue weighted by Crippen LogP contribution is 2.12. The van der Waals surface area contributed by atoms with Crippen molar-refractivity contribution in [1.29, 1.82) is 0 Å². The predicted octanol–water partition coefficient (Wildman–Crippen LogP) is 2.33. The first-order chi connectivity index (χ1) is 11.7. The summed E-state index contributed by atoms with van der Waals surface area (Å²) in [6, 6.07) is 17.9. The normalized spacial score (nSPS) is 10.8. The fourth-order valence-corrected chi connectivity index (χ4v) is 2.51. The summed E-state index contributed by atoms with van der Waals surface area (Å²) in [7, 11) is 0. The molecule has 0 atom stereocenters. The third-order valence-corrected chi connectivity index (χ3v) is 3.72. The van der Waals surface area contributed by atoms with Gasteiger partial charge in [0.15, 0.2) is 0 Å². The number of amides is 1. The number of carbonyl (C=O) groups excluding carboxylic acids is 1. The van der Waals surface area contributed by atoms with Crippen LogP contribution in [0.5, 0.6) is 0 Å². The summed E-state index contributed by atoms with van der Waals surface area (Å²) in [5.41, 5.74) is 3.71. The first-order valence-electron chi connectivity index (χ1n) is 7.36. The van der Waals surface area contributed by atoms with Gasteiger partial charge in [0.05, 0.1) is 16.4 Å². The van der Waals surface area contributed by atoms with Crippen LogP contribution in [0.15, 0.2) is 71.8 Å². The molecule has 0 unspecified atom stereocenters. The van der Waals surface area contributed by atoms with Gasteiger partial charge in [0.1, 0.15) is 12.0 Å². The summed E-state index contributed by atoms with van der Waals surface area (Å²) in [6.07, 6.45) is 1.30. The van der Waals surface area contributed by atoms with Crippen LogP contribution in [-0.4, -0.2) is 20.6 Å². The van der Waals surface area contributed by atoms with Crippen molar-refractivity contribution >= 4 is 27.7 Å². The van der Waals surface area contributed by atoms with Crippen LogP contribution < -0.4 is 11.0 Å². The van der Waals surface area contributed by atoms with Crippen LogP contribution >= 0.6 is 0 Å². The van der Waals surface area contributed by atoms with Crippen LogP contribution in [0, 0.1) is 0 Å². The molecule has 0 aliphatic heterocycles. The second-order valence-electron chi connectivity index (χ2n) is 5.27. The Morgan fingerprint density at radius 3 is 2.54 bits per heavy atom. The van der Waals surface area contributed by atoms with E-state index >= 15 is 0 Å². The van der Waals surface area contributed by atoms with Gasteiger partial charge in [-0.3, -0.25) is 15.0 Å². The molecule has 2 heterocycles. The molecule has 1 N–H and O–H groups in total. The van der Waals surface area contributed by atoms with E-state index in [0.717, 1.165) is 10.1 Å². The van der Waals surface area contributed by atoms with Crippen LogP contribution in [-0.2, 0) is 0 Å². The topological polar surface area (TPSA) is 76.9 Å². The van der Waals surface area contributed by atoms with Gasteiger partial charge < -0.3 is 0 Å². The molecule has 0 aliphatic rings. The van der Waals surface area contributed by atoms with Crippen molar-refractivity contribution in [3.63, 3.8) is 0 Å². The molecule has 0 fully saturated rings. The molecular formula is C18H12N4O2. The summed E-state index contributed by atoms with van der Waals surface area (Å²) in [5.74, 6) is -0.472. The van der Waals surface area contributed by atoms with E-state index in [4.69, 9.17) is 0 Å². The number of hydrogen-bond acceptors (Lipinski definition) is 4. The fraction of sp³-hybridized carbons (Fsp3) is 0. The molecule has 0 saturated carbocycles. The Kier molecular flexibility index (Phi) is 3.28. The molecule has 2 aromatic carbocycles. The Labute approximate surface area is 136 Å². The molecule has 0 radical (unpaired) electrons. The highest BCUT2D eigenvalue weighted by molar-refractivity contribution is 6.00. The number of rotatable bonds is 2. The summed E-state index contributed by atoms with van der Waals surface area (Å²) in [5, 5.41) is 1.38. The minimum atomic E-state index is -0.472. The Hall–Kier alpha value is -3.54. The molecule has 0 spiro atoms. The molecule has 4 aromatic rings. The molecular weight excluding hydrogens is 304 g/mol. The van der Waals surface area contributed by atoms with E-state index in [2.05, 4.69) is 15.4 Å². The second kappa shape index (κ2) is 5.58. The molecule has 116 valence electrons. The van der Waals surface area contributed by atoms with E-state index in [-0.39, 0.29) is 11.3 Å². The Balaban J connectivity index is 1.70. The standard InChI is InChI=1S/C18H12N4O2/c23-17(16-10-9-12-5-1-3-7-14(12)20-16)21-22-11-19-15-8-4-2-6-13(15)18(22)24/h1-11H,(H,21,23). The Morgan fingerprint density at radius 1 is 0.917 bits per heavy atom. The lowest BCUT2D eigenvalue weighted by Gasteiger charge is -2.08. The maximum Gasteiger partial charge on any atom is 0.288 e. The molecule has 4 rings (SSSR count). The quantitative estimate of drug-likeness (QED) is 0.616. The van der Waals surface area contributed by atoms with Crippen LogP contribution in [0.2, 0.25) is 0 Å². The number of nitrogens with zero attached hydrogens (tertiary/aromatic N) is 3. The minimum Gasteiger partial charge on any atom is -0.267 e. The number of fused-ring (bicyclic) bond motifs is 2. The van der Waals surface area contributed by atoms with E-state index in [1.165, 1.54) is 6.33 Å². The zero-order chi connectivity index (χ0) is 16.5. The molecule has 1 amide bonds. The number of para-hydroxylation sites is 2. The van der Waals surface area contributed by atoms with Gasteiger partial charge in [-0.25, -0.2) is 14.6 Å². The predicted molar refractivity (Wildman–Crippen MR) is 91.4 cm³/mol. The van der Waals surface area contributed by atoms with Crippen molar-refractivity contribution < 1.29 is 4.79 Å². The van der Waals surface area contributed by atoms with Crippen LogP contribution in [0.25, 0.3) is 21.8 Å². The molecule has 0 saturated heterocycles. The lowest BCUT2D eigenvalue weighted by molar-refractivity contribution is 0.100. The van der Waals surface area contributed by atoms with E-state index in [1.54, 1.807) is 30.3 Å². The van der Waals surface area contributed by atoms with Gasteiger partial charge in [-0.2, -0.15) is 0 Å². The average Bonchev–Trinajstić information content (AvgIpc) is 2.64. The number of carbonyl (C=O) groups is 1. The van der Waals surface area contributed by atoms with E-state index in [9.17, 15) is 9.59 Å². The van der Waals surface area contributed by atoms with Gasteiger partial charge in [-0.15, -0.1) is 0 Å². The zero-order valence-electron chi connectivity index (χ0n) is 12.5. The molecule has 6 heteroatoms. The van der Waals surface area contributed by atoms with E-state index in [0.29, 0.717) is 16.4 Å². The number of benzene rings is 2. The van der Waals surface area contributed by atoms with Gasteiger partial charge in [-0.1, -0.05) is 36.4 Å². The van der Waals surface area contributed by atoms with Gasteiger partial charge >= 0.3 is 0 Å². The maximum absolute atomic E-state index is 12.4.